The van der Waals surface area contributed by atoms with Crippen LogP contribution in [0.25, 0.3) is 0 Å². The van der Waals surface area contributed by atoms with Gasteiger partial charge in [-0.25, -0.2) is 0 Å². The highest BCUT2D eigenvalue weighted by Gasteiger charge is 2.31. The van der Waals surface area contributed by atoms with Gasteiger partial charge in [-0.05, 0) is 43.7 Å². The number of ether oxygens (including phenoxy) is 1. The summed E-state index contributed by atoms with van der Waals surface area (Å²) < 4.78 is 5.78. The van der Waals surface area contributed by atoms with Gasteiger partial charge in [-0.2, -0.15) is 0 Å². The standard InChI is InChI=1S/C17H23N3O4/c1-18-17(21)13-4-5-14(15(11-13)20(22)23)19-8-6-12(7-9-19)16-3-2-10-24-16/h4-5,11-12,16H,2-3,6-10H2,1H3,(H,18,21). The van der Waals surface area contributed by atoms with E-state index in [1.807, 2.05) is 0 Å². The summed E-state index contributed by atoms with van der Waals surface area (Å²) in [5, 5.41) is 13.9. The number of nitro benzene ring substituents is 1. The molecule has 7 nitrogen and oxygen atoms in total. The Balaban J connectivity index is 1.74. The zero-order valence-electron chi connectivity index (χ0n) is 13.9. The summed E-state index contributed by atoms with van der Waals surface area (Å²) in [5.41, 5.74) is 0.896. The number of carbonyl (C=O) groups is 1. The van der Waals surface area contributed by atoms with Crippen molar-refractivity contribution in [3.05, 3.63) is 33.9 Å². The van der Waals surface area contributed by atoms with Crippen molar-refractivity contribution in [2.75, 3.05) is 31.6 Å². The van der Waals surface area contributed by atoms with Crippen molar-refractivity contribution < 1.29 is 14.5 Å². The molecule has 0 aliphatic carbocycles. The molecule has 0 aromatic heterocycles. The molecule has 1 unspecified atom stereocenters. The highest BCUT2D eigenvalue weighted by molar-refractivity contribution is 5.95. The molecule has 1 aromatic rings. The highest BCUT2D eigenvalue weighted by Crippen LogP contribution is 2.35. The van der Waals surface area contributed by atoms with Gasteiger partial charge in [-0.3, -0.25) is 14.9 Å². The number of nitrogens with zero attached hydrogens (tertiary/aromatic N) is 2. The monoisotopic (exact) mass is 333 g/mol. The maximum atomic E-state index is 11.7. The summed E-state index contributed by atoms with van der Waals surface area (Å²) in [7, 11) is 1.51. The van der Waals surface area contributed by atoms with E-state index in [-0.39, 0.29) is 11.6 Å². The van der Waals surface area contributed by atoms with Crippen LogP contribution in [0.5, 0.6) is 0 Å². The molecule has 1 N–H and O–H groups in total. The van der Waals surface area contributed by atoms with Gasteiger partial charge in [0.05, 0.1) is 11.0 Å². The van der Waals surface area contributed by atoms with Crippen molar-refractivity contribution in [1.29, 1.82) is 0 Å². The molecule has 2 saturated heterocycles. The highest BCUT2D eigenvalue weighted by atomic mass is 16.6. The number of amides is 1. The van der Waals surface area contributed by atoms with Gasteiger partial charge in [0.15, 0.2) is 0 Å². The third-order valence-electron chi connectivity index (χ3n) is 5.03. The maximum Gasteiger partial charge on any atom is 0.293 e. The van der Waals surface area contributed by atoms with Crippen LogP contribution >= 0.6 is 0 Å². The Morgan fingerprint density at radius 2 is 2.08 bits per heavy atom. The maximum absolute atomic E-state index is 11.7. The topological polar surface area (TPSA) is 84.7 Å². The Morgan fingerprint density at radius 3 is 2.67 bits per heavy atom. The van der Waals surface area contributed by atoms with Crippen LogP contribution in [0.2, 0.25) is 0 Å². The predicted octanol–water partition coefficient (Wildman–Crippen LogP) is 2.35. The number of nitrogens with one attached hydrogen (secondary N) is 1. The molecule has 2 aliphatic rings. The van der Waals surface area contributed by atoms with Crippen molar-refractivity contribution in [2.24, 2.45) is 5.92 Å². The van der Waals surface area contributed by atoms with Crippen molar-refractivity contribution in [2.45, 2.75) is 31.8 Å². The number of nitro groups is 1. The number of benzene rings is 1. The van der Waals surface area contributed by atoms with Gasteiger partial charge in [-0.15, -0.1) is 0 Å². The first-order valence-electron chi connectivity index (χ1n) is 8.47. The predicted molar refractivity (Wildman–Crippen MR) is 90.4 cm³/mol. The second kappa shape index (κ2) is 7.17. The molecule has 1 amide bonds. The van der Waals surface area contributed by atoms with Crippen LogP contribution < -0.4 is 10.2 Å². The zero-order valence-corrected chi connectivity index (χ0v) is 13.9. The summed E-state index contributed by atoms with van der Waals surface area (Å²) in [4.78, 5) is 24.8. The molecule has 2 heterocycles. The quantitative estimate of drug-likeness (QED) is 0.675. The van der Waals surface area contributed by atoms with Gasteiger partial charge < -0.3 is 15.0 Å². The van der Waals surface area contributed by atoms with Crippen molar-refractivity contribution >= 4 is 17.3 Å². The van der Waals surface area contributed by atoms with Gasteiger partial charge in [0.25, 0.3) is 11.6 Å². The Hall–Kier alpha value is -2.15. The van der Waals surface area contributed by atoms with Crippen molar-refractivity contribution in [3.8, 4) is 0 Å². The molecule has 130 valence electrons. The fourth-order valence-electron chi connectivity index (χ4n) is 3.71. The van der Waals surface area contributed by atoms with Crippen molar-refractivity contribution in [1.82, 2.24) is 5.32 Å². The summed E-state index contributed by atoms with van der Waals surface area (Å²) in [6, 6.07) is 4.70. The fourth-order valence-corrected chi connectivity index (χ4v) is 3.71. The number of rotatable bonds is 4. The minimum absolute atomic E-state index is 0.00772. The third kappa shape index (κ3) is 3.36. The third-order valence-corrected chi connectivity index (χ3v) is 5.03. The Kier molecular flexibility index (Phi) is 4.99. The molecular weight excluding hydrogens is 310 g/mol. The summed E-state index contributed by atoms with van der Waals surface area (Å²) in [6.45, 7) is 2.42. The molecule has 2 aliphatic heterocycles. The average molecular weight is 333 g/mol. The molecule has 1 atom stereocenters. The molecule has 3 rings (SSSR count). The molecule has 0 spiro atoms. The lowest BCUT2D eigenvalue weighted by Gasteiger charge is -2.35. The Bertz CT molecular complexity index is 620. The van der Waals surface area contributed by atoms with E-state index in [0.29, 0.717) is 23.3 Å². The van der Waals surface area contributed by atoms with Gasteiger partial charge in [0, 0.05) is 38.4 Å². The number of anilines is 1. The summed E-state index contributed by atoms with van der Waals surface area (Å²) in [5.74, 6) is 0.231. The van der Waals surface area contributed by atoms with Gasteiger partial charge >= 0.3 is 0 Å². The summed E-state index contributed by atoms with van der Waals surface area (Å²) in [6.07, 6.45) is 4.60. The molecule has 0 bridgehead atoms. The molecule has 2 fully saturated rings. The van der Waals surface area contributed by atoms with E-state index in [1.165, 1.54) is 13.1 Å². The number of piperidine rings is 1. The van der Waals surface area contributed by atoms with E-state index in [0.717, 1.165) is 45.4 Å². The van der Waals surface area contributed by atoms with Crippen LogP contribution in [0.4, 0.5) is 11.4 Å². The molecule has 0 saturated carbocycles. The van der Waals surface area contributed by atoms with Crippen LogP contribution in [-0.2, 0) is 4.74 Å². The van der Waals surface area contributed by atoms with E-state index in [1.54, 1.807) is 12.1 Å². The first-order chi connectivity index (χ1) is 11.6. The lowest BCUT2D eigenvalue weighted by Crippen LogP contribution is -2.38. The van der Waals surface area contributed by atoms with E-state index in [9.17, 15) is 14.9 Å². The van der Waals surface area contributed by atoms with Crippen LogP contribution in [0.15, 0.2) is 18.2 Å². The van der Waals surface area contributed by atoms with Crippen molar-refractivity contribution in [3.63, 3.8) is 0 Å². The number of hydrogen-bond acceptors (Lipinski definition) is 5. The summed E-state index contributed by atoms with van der Waals surface area (Å²) >= 11 is 0. The van der Waals surface area contributed by atoms with E-state index in [4.69, 9.17) is 4.74 Å². The van der Waals surface area contributed by atoms with Gasteiger partial charge in [0.1, 0.15) is 5.69 Å². The minimum Gasteiger partial charge on any atom is -0.378 e. The fraction of sp³-hybridized carbons (Fsp3) is 0.588. The Labute approximate surface area is 141 Å². The van der Waals surface area contributed by atoms with Gasteiger partial charge in [0.2, 0.25) is 0 Å². The first kappa shape index (κ1) is 16.7. The average Bonchev–Trinajstić information content (AvgIpc) is 3.15. The lowest BCUT2D eigenvalue weighted by molar-refractivity contribution is -0.384. The van der Waals surface area contributed by atoms with Crippen LogP contribution in [0, 0.1) is 16.0 Å². The number of hydrogen-bond donors (Lipinski definition) is 1. The number of carbonyl (C=O) groups excluding carboxylic acids is 1. The molecule has 1 aromatic carbocycles. The largest absolute Gasteiger partial charge is 0.378 e. The minimum atomic E-state index is -0.409. The van der Waals surface area contributed by atoms with Crippen LogP contribution in [-0.4, -0.2) is 43.7 Å². The molecule has 0 radical (unpaired) electrons. The van der Waals surface area contributed by atoms with Crippen LogP contribution in [0.3, 0.4) is 0 Å². The lowest BCUT2D eigenvalue weighted by atomic mass is 9.89. The first-order valence-corrected chi connectivity index (χ1v) is 8.47. The zero-order chi connectivity index (χ0) is 17.1. The normalized spacial score (nSPS) is 21.7. The van der Waals surface area contributed by atoms with E-state index < -0.39 is 4.92 Å². The second-order valence-electron chi connectivity index (χ2n) is 6.42. The molecule has 7 heteroatoms. The second-order valence-corrected chi connectivity index (χ2v) is 6.42. The van der Waals surface area contributed by atoms with E-state index in [2.05, 4.69) is 10.2 Å². The smallest absolute Gasteiger partial charge is 0.293 e. The van der Waals surface area contributed by atoms with Crippen LogP contribution in [0.1, 0.15) is 36.0 Å². The van der Waals surface area contributed by atoms with E-state index >= 15 is 0 Å². The SMILES string of the molecule is CNC(=O)c1ccc(N2CCC(C3CCCO3)CC2)c([N+](=O)[O-])c1. The van der Waals surface area contributed by atoms with Gasteiger partial charge in [-0.1, -0.05) is 0 Å². The molecular formula is C17H23N3O4. The Morgan fingerprint density at radius 1 is 1.33 bits per heavy atom. The molecule has 24 heavy (non-hydrogen) atoms.